The molecule has 4 nitrogen and oxygen atoms in total. The van der Waals surface area contributed by atoms with Gasteiger partial charge in [0.15, 0.2) is 0 Å². The van der Waals surface area contributed by atoms with Gasteiger partial charge in [0.25, 0.3) is 0 Å². The third kappa shape index (κ3) is 1.70. The van der Waals surface area contributed by atoms with Crippen LogP contribution in [0.2, 0.25) is 0 Å². The summed E-state index contributed by atoms with van der Waals surface area (Å²) in [5.74, 6) is -0.0866. The van der Waals surface area contributed by atoms with Crippen molar-refractivity contribution in [3.63, 3.8) is 0 Å². The Hall–Kier alpha value is -0.610. The highest BCUT2D eigenvalue weighted by Crippen LogP contribution is 2.19. The summed E-state index contributed by atoms with van der Waals surface area (Å²) >= 11 is 0. The van der Waals surface area contributed by atoms with Crippen molar-refractivity contribution in [3.05, 3.63) is 0 Å². The fourth-order valence-electron chi connectivity index (χ4n) is 1.22. The van der Waals surface area contributed by atoms with Crippen LogP contribution in [0.15, 0.2) is 0 Å². The minimum atomic E-state index is -0.690. The average Bonchev–Trinajstić information content (AvgIpc) is 1.80. The van der Waals surface area contributed by atoms with Gasteiger partial charge in [-0.05, 0) is 13.8 Å². The van der Waals surface area contributed by atoms with Gasteiger partial charge in [-0.2, -0.15) is 0 Å². The van der Waals surface area contributed by atoms with Gasteiger partial charge >= 0.3 is 0 Å². The highest BCUT2D eigenvalue weighted by Gasteiger charge is 2.39. The maximum Gasteiger partial charge on any atom is 0.239 e. The predicted octanol–water partition coefficient (Wildman–Crippen LogP) is -1.07. The lowest BCUT2D eigenvalue weighted by Crippen LogP contribution is -2.64. The van der Waals surface area contributed by atoms with E-state index in [1.807, 2.05) is 0 Å². The summed E-state index contributed by atoms with van der Waals surface area (Å²) in [4.78, 5) is 12.7. The Morgan fingerprint density at radius 1 is 1.73 bits per heavy atom. The summed E-state index contributed by atoms with van der Waals surface area (Å²) in [6.07, 6.45) is 0. The van der Waals surface area contributed by atoms with E-state index in [1.165, 1.54) is 0 Å². The number of aliphatic hydroxyl groups is 1. The summed E-state index contributed by atoms with van der Waals surface area (Å²) in [6.45, 7) is 4.17. The summed E-state index contributed by atoms with van der Waals surface area (Å²) in [5, 5.41) is 9.28. The van der Waals surface area contributed by atoms with Gasteiger partial charge in [0, 0.05) is 0 Å². The van der Waals surface area contributed by atoms with Crippen LogP contribution in [-0.2, 0) is 4.79 Å². The second kappa shape index (κ2) is 2.46. The van der Waals surface area contributed by atoms with Crippen LogP contribution in [0.25, 0.3) is 0 Å². The highest BCUT2D eigenvalue weighted by molar-refractivity contribution is 5.82. The lowest BCUT2D eigenvalue weighted by molar-refractivity contribution is -0.153. The minimum Gasteiger partial charge on any atom is -0.386 e. The maximum absolute atomic E-state index is 11.1. The number of β-amino-alcohol motifs (C(OH)–C–C–N with tert-alkyl or cyclic N) is 1. The molecule has 0 radical (unpaired) electrons. The molecule has 0 spiro atoms. The standard InChI is InChI=1S/C7H14N2O2/c1-5(8)6(10)9-3-7(2,11)4-9/h5,11H,3-4,8H2,1-2H3/t5-/m1/s1. The molecule has 0 unspecified atom stereocenters. The van der Waals surface area contributed by atoms with Gasteiger partial charge in [-0.15, -0.1) is 0 Å². The largest absolute Gasteiger partial charge is 0.386 e. The second-order valence-electron chi connectivity index (χ2n) is 3.48. The van der Waals surface area contributed by atoms with Crippen LogP contribution in [0, 0.1) is 0 Å². The Balaban J connectivity index is 2.38. The average molecular weight is 158 g/mol. The van der Waals surface area contributed by atoms with E-state index in [2.05, 4.69) is 0 Å². The van der Waals surface area contributed by atoms with Crippen molar-refractivity contribution >= 4 is 5.91 Å². The second-order valence-corrected chi connectivity index (χ2v) is 3.48. The maximum atomic E-state index is 11.1. The Morgan fingerprint density at radius 3 is 2.45 bits per heavy atom. The number of rotatable bonds is 1. The fraction of sp³-hybridized carbons (Fsp3) is 0.857. The third-order valence-corrected chi connectivity index (χ3v) is 1.76. The molecule has 64 valence electrons. The number of likely N-dealkylation sites (tertiary alicyclic amines) is 1. The third-order valence-electron chi connectivity index (χ3n) is 1.76. The van der Waals surface area contributed by atoms with Crippen LogP contribution in [0.5, 0.6) is 0 Å². The van der Waals surface area contributed by atoms with E-state index in [-0.39, 0.29) is 5.91 Å². The quantitative estimate of drug-likeness (QED) is 0.510. The zero-order valence-corrected chi connectivity index (χ0v) is 6.87. The molecule has 1 rings (SSSR count). The molecule has 3 N–H and O–H groups in total. The summed E-state index contributed by atoms with van der Waals surface area (Å²) in [6, 6.07) is -0.453. The van der Waals surface area contributed by atoms with Crippen molar-refractivity contribution in [1.82, 2.24) is 4.90 Å². The van der Waals surface area contributed by atoms with E-state index in [0.717, 1.165) is 0 Å². The molecule has 0 aromatic heterocycles. The van der Waals surface area contributed by atoms with Crippen LogP contribution >= 0.6 is 0 Å². The predicted molar refractivity (Wildman–Crippen MR) is 40.9 cm³/mol. The number of carbonyl (C=O) groups excluding carboxylic acids is 1. The lowest BCUT2D eigenvalue weighted by Gasteiger charge is -2.44. The first-order valence-electron chi connectivity index (χ1n) is 3.69. The Morgan fingerprint density at radius 2 is 2.18 bits per heavy atom. The molecule has 1 aliphatic rings. The summed E-state index contributed by atoms with van der Waals surface area (Å²) < 4.78 is 0. The van der Waals surface area contributed by atoms with Crippen molar-refractivity contribution < 1.29 is 9.90 Å². The number of carbonyl (C=O) groups is 1. The Bertz CT molecular complexity index is 169. The molecule has 0 bridgehead atoms. The first-order chi connectivity index (χ1) is 4.92. The molecule has 0 aromatic rings. The van der Waals surface area contributed by atoms with Gasteiger partial charge in [-0.3, -0.25) is 4.79 Å². The first-order valence-corrected chi connectivity index (χ1v) is 3.69. The van der Waals surface area contributed by atoms with Crippen LogP contribution < -0.4 is 5.73 Å². The first kappa shape index (κ1) is 8.49. The van der Waals surface area contributed by atoms with Crippen molar-refractivity contribution in [2.75, 3.05) is 13.1 Å². The number of nitrogens with two attached hydrogens (primary N) is 1. The van der Waals surface area contributed by atoms with Crippen molar-refractivity contribution in [2.45, 2.75) is 25.5 Å². The van der Waals surface area contributed by atoms with E-state index in [9.17, 15) is 9.90 Å². The van der Waals surface area contributed by atoms with Crippen LogP contribution in [0.1, 0.15) is 13.8 Å². The number of nitrogens with zero attached hydrogens (tertiary/aromatic N) is 1. The van der Waals surface area contributed by atoms with Crippen LogP contribution in [-0.4, -0.2) is 40.6 Å². The molecule has 1 heterocycles. The minimum absolute atomic E-state index is 0.0866. The molecule has 1 amide bonds. The molecule has 0 aliphatic carbocycles. The SMILES string of the molecule is C[C@@H](N)C(=O)N1CC(C)(O)C1. The molecular weight excluding hydrogens is 144 g/mol. The number of amides is 1. The van der Waals surface area contributed by atoms with Gasteiger partial charge < -0.3 is 15.7 Å². The monoisotopic (exact) mass is 158 g/mol. The van der Waals surface area contributed by atoms with Gasteiger partial charge in [-0.1, -0.05) is 0 Å². The molecule has 1 fully saturated rings. The highest BCUT2D eigenvalue weighted by atomic mass is 16.3. The summed E-state index contributed by atoms with van der Waals surface area (Å²) in [5.41, 5.74) is 4.67. The number of hydrogen-bond donors (Lipinski definition) is 2. The van der Waals surface area contributed by atoms with E-state index < -0.39 is 11.6 Å². The molecule has 11 heavy (non-hydrogen) atoms. The van der Waals surface area contributed by atoms with Crippen LogP contribution in [0.4, 0.5) is 0 Å². The normalized spacial score (nSPS) is 24.2. The van der Waals surface area contributed by atoms with Crippen LogP contribution in [0.3, 0.4) is 0 Å². The smallest absolute Gasteiger partial charge is 0.239 e. The van der Waals surface area contributed by atoms with E-state index in [4.69, 9.17) is 5.73 Å². The molecular formula is C7H14N2O2. The van der Waals surface area contributed by atoms with Crippen molar-refractivity contribution in [2.24, 2.45) is 5.73 Å². The summed E-state index contributed by atoms with van der Waals surface area (Å²) in [7, 11) is 0. The van der Waals surface area contributed by atoms with E-state index >= 15 is 0 Å². The van der Waals surface area contributed by atoms with E-state index in [0.29, 0.717) is 13.1 Å². The molecule has 0 saturated carbocycles. The van der Waals surface area contributed by atoms with Gasteiger partial charge in [0.2, 0.25) is 5.91 Å². The lowest BCUT2D eigenvalue weighted by atomic mass is 9.96. The molecule has 1 atom stereocenters. The molecule has 0 aromatic carbocycles. The van der Waals surface area contributed by atoms with Gasteiger partial charge in [0.1, 0.15) is 0 Å². The zero-order valence-electron chi connectivity index (χ0n) is 6.87. The molecule has 4 heteroatoms. The number of hydrogen-bond acceptors (Lipinski definition) is 3. The van der Waals surface area contributed by atoms with E-state index in [1.54, 1.807) is 18.7 Å². The molecule has 1 saturated heterocycles. The van der Waals surface area contributed by atoms with Gasteiger partial charge in [0.05, 0.1) is 24.7 Å². The zero-order chi connectivity index (χ0) is 8.65. The van der Waals surface area contributed by atoms with Crippen molar-refractivity contribution in [1.29, 1.82) is 0 Å². The topological polar surface area (TPSA) is 66.6 Å². The van der Waals surface area contributed by atoms with Gasteiger partial charge in [-0.25, -0.2) is 0 Å². The molecule has 1 aliphatic heterocycles. The Kier molecular flexibility index (Phi) is 1.90. The Labute approximate surface area is 66.0 Å². The van der Waals surface area contributed by atoms with Crippen molar-refractivity contribution in [3.8, 4) is 0 Å². The fourth-order valence-corrected chi connectivity index (χ4v) is 1.22.